The molecule has 0 aliphatic rings. The van der Waals surface area contributed by atoms with Crippen molar-refractivity contribution in [2.45, 2.75) is 24.5 Å². The predicted octanol–water partition coefficient (Wildman–Crippen LogP) is 4.34. The SMILES string of the molecule is Cc1cnc(CSc2ccc(Br)cc2)c(C)c1N. The Morgan fingerprint density at radius 2 is 1.89 bits per heavy atom. The molecule has 18 heavy (non-hydrogen) atoms. The first-order valence-electron chi connectivity index (χ1n) is 5.67. The monoisotopic (exact) mass is 322 g/mol. The molecule has 0 saturated heterocycles. The number of anilines is 1. The molecule has 0 saturated carbocycles. The maximum Gasteiger partial charge on any atom is 0.0556 e. The molecule has 2 rings (SSSR count). The number of pyridine rings is 1. The average Bonchev–Trinajstić information content (AvgIpc) is 2.37. The summed E-state index contributed by atoms with van der Waals surface area (Å²) in [5, 5.41) is 0. The van der Waals surface area contributed by atoms with E-state index in [0.29, 0.717) is 0 Å². The van der Waals surface area contributed by atoms with Crippen LogP contribution in [0.5, 0.6) is 0 Å². The lowest BCUT2D eigenvalue weighted by Gasteiger charge is -2.09. The Hall–Kier alpha value is -1.00. The van der Waals surface area contributed by atoms with Gasteiger partial charge in [-0.1, -0.05) is 15.9 Å². The van der Waals surface area contributed by atoms with Crippen LogP contribution in [0.1, 0.15) is 16.8 Å². The van der Waals surface area contributed by atoms with E-state index < -0.39 is 0 Å². The Bertz CT molecular complexity index is 552. The van der Waals surface area contributed by atoms with E-state index in [9.17, 15) is 0 Å². The highest BCUT2D eigenvalue weighted by atomic mass is 79.9. The molecular weight excluding hydrogens is 308 g/mol. The van der Waals surface area contributed by atoms with Crippen molar-refractivity contribution in [1.82, 2.24) is 4.98 Å². The molecule has 1 heterocycles. The molecule has 2 aromatic rings. The van der Waals surface area contributed by atoms with E-state index in [4.69, 9.17) is 5.73 Å². The number of thioether (sulfide) groups is 1. The molecule has 0 aliphatic carbocycles. The largest absolute Gasteiger partial charge is 0.398 e. The van der Waals surface area contributed by atoms with Gasteiger partial charge in [0.15, 0.2) is 0 Å². The number of hydrogen-bond donors (Lipinski definition) is 1. The van der Waals surface area contributed by atoms with Crippen LogP contribution in [0.3, 0.4) is 0 Å². The summed E-state index contributed by atoms with van der Waals surface area (Å²) in [5.74, 6) is 0.845. The van der Waals surface area contributed by atoms with Crippen LogP contribution in [0.2, 0.25) is 0 Å². The summed E-state index contributed by atoms with van der Waals surface area (Å²) in [6, 6.07) is 8.29. The molecule has 0 atom stereocenters. The number of benzene rings is 1. The number of nitrogens with two attached hydrogens (primary N) is 1. The zero-order valence-corrected chi connectivity index (χ0v) is 12.8. The van der Waals surface area contributed by atoms with E-state index >= 15 is 0 Å². The minimum absolute atomic E-state index is 0.845. The molecule has 1 aromatic carbocycles. The minimum atomic E-state index is 0.845. The van der Waals surface area contributed by atoms with Crippen molar-refractivity contribution in [2.24, 2.45) is 0 Å². The summed E-state index contributed by atoms with van der Waals surface area (Å²) >= 11 is 5.20. The Balaban J connectivity index is 2.11. The molecule has 0 amide bonds. The third-order valence-corrected chi connectivity index (χ3v) is 4.42. The maximum absolute atomic E-state index is 6.02. The lowest BCUT2D eigenvalue weighted by molar-refractivity contribution is 1.11. The van der Waals surface area contributed by atoms with Gasteiger partial charge in [0, 0.05) is 27.0 Å². The zero-order valence-electron chi connectivity index (χ0n) is 10.4. The molecule has 0 spiro atoms. The summed E-state index contributed by atoms with van der Waals surface area (Å²) in [4.78, 5) is 5.70. The predicted molar refractivity (Wildman–Crippen MR) is 81.8 cm³/mol. The van der Waals surface area contributed by atoms with Crippen molar-refractivity contribution in [1.29, 1.82) is 0 Å². The topological polar surface area (TPSA) is 38.9 Å². The second-order valence-electron chi connectivity index (χ2n) is 4.17. The highest BCUT2D eigenvalue weighted by molar-refractivity contribution is 9.10. The number of rotatable bonds is 3. The molecule has 0 radical (unpaired) electrons. The Morgan fingerprint density at radius 1 is 1.22 bits per heavy atom. The van der Waals surface area contributed by atoms with Crippen molar-refractivity contribution in [3.8, 4) is 0 Å². The average molecular weight is 323 g/mol. The minimum Gasteiger partial charge on any atom is -0.398 e. The van der Waals surface area contributed by atoms with Gasteiger partial charge < -0.3 is 5.73 Å². The van der Waals surface area contributed by atoms with Crippen molar-refractivity contribution >= 4 is 33.4 Å². The van der Waals surface area contributed by atoms with Gasteiger partial charge in [0.2, 0.25) is 0 Å². The quantitative estimate of drug-likeness (QED) is 0.854. The number of aromatic nitrogens is 1. The number of halogens is 1. The van der Waals surface area contributed by atoms with Crippen LogP contribution in [0, 0.1) is 13.8 Å². The van der Waals surface area contributed by atoms with E-state index in [1.807, 2.05) is 32.2 Å². The molecule has 2 nitrogen and oxygen atoms in total. The van der Waals surface area contributed by atoms with Crippen molar-refractivity contribution in [3.05, 3.63) is 51.8 Å². The number of hydrogen-bond acceptors (Lipinski definition) is 3. The molecule has 4 heteroatoms. The van der Waals surface area contributed by atoms with Crippen LogP contribution in [0.15, 0.2) is 39.8 Å². The molecule has 0 bridgehead atoms. The molecule has 94 valence electrons. The van der Waals surface area contributed by atoms with Crippen LogP contribution in [-0.2, 0) is 5.75 Å². The second-order valence-corrected chi connectivity index (χ2v) is 6.13. The standard InChI is InChI=1S/C14H15BrN2S/c1-9-7-17-13(10(2)14(9)16)8-18-12-5-3-11(15)4-6-12/h3-7H,8H2,1-2H3,(H2,16,17). The molecule has 0 unspecified atom stereocenters. The lowest BCUT2D eigenvalue weighted by atomic mass is 10.1. The first-order chi connectivity index (χ1) is 8.58. The first-order valence-corrected chi connectivity index (χ1v) is 7.44. The van der Waals surface area contributed by atoms with Crippen molar-refractivity contribution in [3.63, 3.8) is 0 Å². The van der Waals surface area contributed by atoms with Gasteiger partial charge in [-0.15, -0.1) is 11.8 Å². The fourth-order valence-corrected chi connectivity index (χ4v) is 2.81. The summed E-state index contributed by atoms with van der Waals surface area (Å²) < 4.78 is 1.10. The van der Waals surface area contributed by atoms with E-state index in [0.717, 1.165) is 32.7 Å². The fourth-order valence-electron chi connectivity index (χ4n) is 1.62. The zero-order chi connectivity index (χ0) is 13.1. The number of nitrogen functional groups attached to an aromatic ring is 1. The van der Waals surface area contributed by atoms with Gasteiger partial charge in [-0.25, -0.2) is 0 Å². The Labute approximate surface area is 120 Å². The molecule has 1 aromatic heterocycles. The van der Waals surface area contributed by atoms with Crippen LogP contribution >= 0.6 is 27.7 Å². The molecular formula is C14H15BrN2S. The normalized spacial score (nSPS) is 10.6. The summed E-state index contributed by atoms with van der Waals surface area (Å²) in [5.41, 5.74) is 10.1. The van der Waals surface area contributed by atoms with Gasteiger partial charge >= 0.3 is 0 Å². The van der Waals surface area contributed by atoms with E-state index in [2.05, 4.69) is 33.0 Å². The fraction of sp³-hybridized carbons (Fsp3) is 0.214. The maximum atomic E-state index is 6.02. The van der Waals surface area contributed by atoms with Crippen LogP contribution in [0.25, 0.3) is 0 Å². The van der Waals surface area contributed by atoms with E-state index in [1.165, 1.54) is 4.90 Å². The lowest BCUT2D eigenvalue weighted by Crippen LogP contribution is -2.00. The highest BCUT2D eigenvalue weighted by Gasteiger charge is 2.06. The molecule has 0 fully saturated rings. The van der Waals surface area contributed by atoms with Gasteiger partial charge in [0.25, 0.3) is 0 Å². The Kier molecular flexibility index (Phi) is 4.30. The third kappa shape index (κ3) is 3.06. The highest BCUT2D eigenvalue weighted by Crippen LogP contribution is 2.27. The number of aryl methyl sites for hydroxylation is 1. The van der Waals surface area contributed by atoms with E-state index in [-0.39, 0.29) is 0 Å². The summed E-state index contributed by atoms with van der Waals surface area (Å²) in [7, 11) is 0. The third-order valence-electron chi connectivity index (χ3n) is 2.86. The smallest absolute Gasteiger partial charge is 0.0556 e. The van der Waals surface area contributed by atoms with Crippen LogP contribution in [-0.4, -0.2) is 4.98 Å². The van der Waals surface area contributed by atoms with Crippen LogP contribution in [0.4, 0.5) is 5.69 Å². The molecule has 0 aliphatic heterocycles. The van der Waals surface area contributed by atoms with Crippen LogP contribution < -0.4 is 5.73 Å². The first kappa shape index (κ1) is 13.4. The summed E-state index contributed by atoms with van der Waals surface area (Å²) in [6.45, 7) is 4.02. The Morgan fingerprint density at radius 3 is 2.56 bits per heavy atom. The van der Waals surface area contributed by atoms with Gasteiger partial charge in [-0.2, -0.15) is 0 Å². The second kappa shape index (κ2) is 5.76. The number of nitrogens with zero attached hydrogens (tertiary/aromatic N) is 1. The van der Waals surface area contributed by atoms with Gasteiger partial charge in [-0.3, -0.25) is 4.98 Å². The van der Waals surface area contributed by atoms with E-state index in [1.54, 1.807) is 11.8 Å². The van der Waals surface area contributed by atoms with Gasteiger partial charge in [0.1, 0.15) is 0 Å². The van der Waals surface area contributed by atoms with Crippen molar-refractivity contribution < 1.29 is 0 Å². The molecule has 2 N–H and O–H groups in total. The van der Waals surface area contributed by atoms with Gasteiger partial charge in [0.05, 0.1) is 5.69 Å². The van der Waals surface area contributed by atoms with Crippen molar-refractivity contribution in [2.75, 3.05) is 5.73 Å². The summed E-state index contributed by atoms with van der Waals surface area (Å²) in [6.07, 6.45) is 1.85. The van der Waals surface area contributed by atoms with Gasteiger partial charge in [-0.05, 0) is 49.2 Å².